The number of aromatic nitrogens is 1. The molecule has 1 aromatic heterocycles. The number of halogens is 1. The Kier molecular flexibility index (Phi) is 7.43. The predicted molar refractivity (Wildman–Crippen MR) is 107 cm³/mol. The molecule has 1 amide bonds. The summed E-state index contributed by atoms with van der Waals surface area (Å²) in [5.41, 5.74) is 6.21. The molecular formula is C19H26ClN3O2S. The summed E-state index contributed by atoms with van der Waals surface area (Å²) < 4.78 is 5.68. The van der Waals surface area contributed by atoms with Gasteiger partial charge < -0.3 is 15.8 Å². The maximum Gasteiger partial charge on any atom is 0.226 e. The zero-order chi connectivity index (χ0) is 19.2. The lowest BCUT2D eigenvalue weighted by Crippen LogP contribution is -2.52. The second-order valence-corrected chi connectivity index (χ2v) is 8.44. The van der Waals surface area contributed by atoms with E-state index in [1.54, 1.807) is 12.1 Å². The Hall–Kier alpha value is -1.63. The monoisotopic (exact) mass is 395 g/mol. The molecule has 0 fully saturated rings. The van der Waals surface area contributed by atoms with Crippen LogP contribution in [0.15, 0.2) is 29.6 Å². The molecular weight excluding hydrogens is 370 g/mol. The Morgan fingerprint density at radius 1 is 1.38 bits per heavy atom. The molecule has 7 heteroatoms. The molecule has 0 aliphatic carbocycles. The van der Waals surface area contributed by atoms with Crippen molar-refractivity contribution < 1.29 is 9.53 Å². The van der Waals surface area contributed by atoms with E-state index in [2.05, 4.69) is 24.1 Å². The van der Waals surface area contributed by atoms with Crippen molar-refractivity contribution in [3.63, 3.8) is 0 Å². The SMILES string of the molecule is CC(C)CC(C)(CN)NC(=O)Cc1csc(COc2ccc(Cl)cc2)n1. The fourth-order valence-electron chi connectivity index (χ4n) is 2.80. The summed E-state index contributed by atoms with van der Waals surface area (Å²) in [5.74, 6) is 1.13. The Morgan fingerprint density at radius 2 is 2.08 bits per heavy atom. The number of carbonyl (C=O) groups excluding carboxylic acids is 1. The lowest BCUT2D eigenvalue weighted by molar-refractivity contribution is -0.122. The van der Waals surface area contributed by atoms with Crippen LogP contribution >= 0.6 is 22.9 Å². The van der Waals surface area contributed by atoms with E-state index in [9.17, 15) is 4.79 Å². The summed E-state index contributed by atoms with van der Waals surface area (Å²) in [6.45, 7) is 6.99. The van der Waals surface area contributed by atoms with Crippen LogP contribution in [0.4, 0.5) is 0 Å². The van der Waals surface area contributed by atoms with Gasteiger partial charge in [-0.3, -0.25) is 4.79 Å². The van der Waals surface area contributed by atoms with Gasteiger partial charge in [0.2, 0.25) is 5.91 Å². The number of benzene rings is 1. The summed E-state index contributed by atoms with van der Waals surface area (Å²) in [6, 6.07) is 7.18. The summed E-state index contributed by atoms with van der Waals surface area (Å²) in [4.78, 5) is 16.8. The van der Waals surface area contributed by atoms with Crippen molar-refractivity contribution in [2.24, 2.45) is 11.7 Å². The van der Waals surface area contributed by atoms with Crippen LogP contribution in [0.5, 0.6) is 5.75 Å². The number of hydrogen-bond donors (Lipinski definition) is 2. The highest BCUT2D eigenvalue weighted by Crippen LogP contribution is 2.19. The van der Waals surface area contributed by atoms with E-state index >= 15 is 0 Å². The summed E-state index contributed by atoms with van der Waals surface area (Å²) in [6.07, 6.45) is 1.08. The van der Waals surface area contributed by atoms with E-state index in [-0.39, 0.29) is 17.9 Å². The fourth-order valence-corrected chi connectivity index (χ4v) is 3.64. The van der Waals surface area contributed by atoms with Gasteiger partial charge in [-0.25, -0.2) is 4.98 Å². The third-order valence-corrected chi connectivity index (χ3v) is 4.99. The Morgan fingerprint density at radius 3 is 2.69 bits per heavy atom. The van der Waals surface area contributed by atoms with Gasteiger partial charge in [-0.1, -0.05) is 25.4 Å². The highest BCUT2D eigenvalue weighted by molar-refractivity contribution is 7.09. The van der Waals surface area contributed by atoms with E-state index in [1.807, 2.05) is 24.4 Å². The number of nitrogens with zero attached hydrogens (tertiary/aromatic N) is 1. The fraction of sp³-hybridized carbons (Fsp3) is 0.474. The van der Waals surface area contributed by atoms with E-state index in [1.165, 1.54) is 11.3 Å². The number of ether oxygens (including phenoxy) is 1. The van der Waals surface area contributed by atoms with Crippen LogP contribution in [0.2, 0.25) is 5.02 Å². The van der Waals surface area contributed by atoms with Crippen molar-refractivity contribution in [1.29, 1.82) is 0 Å². The molecule has 1 atom stereocenters. The Labute approximate surface area is 163 Å². The molecule has 1 aromatic carbocycles. The van der Waals surface area contributed by atoms with Gasteiger partial charge in [0.1, 0.15) is 17.4 Å². The van der Waals surface area contributed by atoms with E-state index in [0.717, 1.165) is 22.9 Å². The molecule has 0 radical (unpaired) electrons. The summed E-state index contributed by atoms with van der Waals surface area (Å²) in [7, 11) is 0. The lowest BCUT2D eigenvalue weighted by atomic mass is 9.90. The van der Waals surface area contributed by atoms with Crippen molar-refractivity contribution >= 4 is 28.8 Å². The number of rotatable bonds is 9. The molecule has 0 aliphatic rings. The molecule has 2 aromatic rings. The first kappa shape index (κ1) is 20.7. The van der Waals surface area contributed by atoms with Crippen molar-refractivity contribution in [2.45, 2.75) is 45.8 Å². The van der Waals surface area contributed by atoms with Gasteiger partial charge in [-0.15, -0.1) is 11.3 Å². The Bertz CT molecular complexity index is 718. The standard InChI is InChI=1S/C19H26ClN3O2S/c1-13(2)9-19(3,12-21)23-17(24)8-15-11-26-18(22-15)10-25-16-6-4-14(20)5-7-16/h4-7,11,13H,8-10,12,21H2,1-3H3,(H,23,24). The lowest BCUT2D eigenvalue weighted by Gasteiger charge is -2.31. The third kappa shape index (κ3) is 6.59. The second-order valence-electron chi connectivity index (χ2n) is 7.06. The van der Waals surface area contributed by atoms with Crippen LogP contribution in [0.1, 0.15) is 37.9 Å². The molecule has 0 saturated carbocycles. The Balaban J connectivity index is 1.86. The first-order valence-electron chi connectivity index (χ1n) is 8.62. The van der Waals surface area contributed by atoms with Gasteiger partial charge in [0.25, 0.3) is 0 Å². The minimum absolute atomic E-state index is 0.0610. The first-order valence-corrected chi connectivity index (χ1v) is 9.88. The van der Waals surface area contributed by atoms with Crippen LogP contribution in [0.3, 0.4) is 0 Å². The van der Waals surface area contributed by atoms with E-state index in [0.29, 0.717) is 24.1 Å². The topological polar surface area (TPSA) is 77.2 Å². The highest BCUT2D eigenvalue weighted by Gasteiger charge is 2.26. The van der Waals surface area contributed by atoms with Crippen LogP contribution in [-0.4, -0.2) is 23.0 Å². The van der Waals surface area contributed by atoms with Gasteiger partial charge in [0, 0.05) is 22.5 Å². The normalized spacial score (nSPS) is 13.5. The predicted octanol–water partition coefficient (Wildman–Crippen LogP) is 3.80. The zero-order valence-corrected chi connectivity index (χ0v) is 17.0. The molecule has 3 N–H and O–H groups in total. The molecule has 0 aliphatic heterocycles. The molecule has 5 nitrogen and oxygen atoms in total. The third-order valence-electron chi connectivity index (χ3n) is 3.87. The largest absolute Gasteiger partial charge is 0.486 e. The van der Waals surface area contributed by atoms with Gasteiger partial charge in [0.15, 0.2) is 0 Å². The van der Waals surface area contributed by atoms with Crippen LogP contribution in [0.25, 0.3) is 0 Å². The number of amides is 1. The average Bonchev–Trinajstić information content (AvgIpc) is 3.00. The van der Waals surface area contributed by atoms with Crippen LogP contribution in [-0.2, 0) is 17.8 Å². The number of nitrogens with two attached hydrogens (primary N) is 1. The first-order chi connectivity index (χ1) is 12.3. The molecule has 0 spiro atoms. The van der Waals surface area contributed by atoms with Gasteiger partial charge >= 0.3 is 0 Å². The maximum atomic E-state index is 12.3. The smallest absolute Gasteiger partial charge is 0.226 e. The van der Waals surface area contributed by atoms with Crippen molar-refractivity contribution in [1.82, 2.24) is 10.3 Å². The number of nitrogens with one attached hydrogen (secondary N) is 1. The molecule has 0 bridgehead atoms. The molecule has 1 unspecified atom stereocenters. The molecule has 26 heavy (non-hydrogen) atoms. The van der Waals surface area contributed by atoms with Crippen molar-refractivity contribution in [2.75, 3.05) is 6.54 Å². The summed E-state index contributed by atoms with van der Waals surface area (Å²) in [5, 5.41) is 6.44. The molecule has 142 valence electrons. The second kappa shape index (κ2) is 9.35. The van der Waals surface area contributed by atoms with Crippen LogP contribution in [0, 0.1) is 5.92 Å². The van der Waals surface area contributed by atoms with Gasteiger partial charge in [-0.2, -0.15) is 0 Å². The minimum Gasteiger partial charge on any atom is -0.486 e. The number of carbonyl (C=O) groups is 1. The van der Waals surface area contributed by atoms with Crippen molar-refractivity contribution in [3.8, 4) is 5.75 Å². The molecule has 1 heterocycles. The van der Waals surface area contributed by atoms with Crippen molar-refractivity contribution in [3.05, 3.63) is 45.4 Å². The van der Waals surface area contributed by atoms with Crippen LogP contribution < -0.4 is 15.8 Å². The highest BCUT2D eigenvalue weighted by atomic mass is 35.5. The van der Waals surface area contributed by atoms with E-state index < -0.39 is 0 Å². The molecule has 2 rings (SSSR count). The minimum atomic E-state index is -0.387. The molecule has 0 saturated heterocycles. The summed E-state index contributed by atoms with van der Waals surface area (Å²) >= 11 is 7.33. The van der Waals surface area contributed by atoms with Gasteiger partial charge in [0.05, 0.1) is 12.1 Å². The zero-order valence-electron chi connectivity index (χ0n) is 15.4. The van der Waals surface area contributed by atoms with Gasteiger partial charge in [-0.05, 0) is 43.5 Å². The number of hydrogen-bond acceptors (Lipinski definition) is 5. The number of thiazole rings is 1. The maximum absolute atomic E-state index is 12.3. The average molecular weight is 396 g/mol. The quantitative estimate of drug-likeness (QED) is 0.677. The van der Waals surface area contributed by atoms with E-state index in [4.69, 9.17) is 22.1 Å².